The number of pyridine rings is 2. The Morgan fingerprint density at radius 3 is 1.97 bits per heavy atom. The molecule has 0 saturated carbocycles. The van der Waals surface area contributed by atoms with Crippen molar-refractivity contribution in [2.75, 3.05) is 0 Å². The molecule has 0 aliphatic carbocycles. The van der Waals surface area contributed by atoms with Crippen molar-refractivity contribution in [2.45, 2.75) is 0 Å². The van der Waals surface area contributed by atoms with Crippen LogP contribution in [0, 0.1) is 6.07 Å². The predicted molar refractivity (Wildman–Crippen MR) is 139 cm³/mol. The Morgan fingerprint density at radius 1 is 0.757 bits per heavy atom. The van der Waals surface area contributed by atoms with Crippen LogP contribution in [0.1, 0.15) is 10.5 Å². The molecule has 2 aliphatic rings. The molecule has 4 heterocycles. The van der Waals surface area contributed by atoms with Gasteiger partial charge in [-0.1, -0.05) is 66.7 Å². The fourth-order valence-electron chi connectivity index (χ4n) is 4.10. The molecule has 6 nitrogen and oxygen atoms in total. The van der Waals surface area contributed by atoms with Crippen LogP contribution in [0.15, 0.2) is 103 Å². The quantitative estimate of drug-likeness (QED) is 0.197. The molecule has 1 N–H and O–H groups in total. The SMILES string of the molecule is O=C(O)c1ccccn1.[Ir].[c-]1c(-c2ccccn2)cc2c3c1Oc1ccccc1P3c1ccccc1O2. The molecule has 0 fully saturated rings. The number of ether oxygens (including phenoxy) is 2. The molecule has 1 radical (unpaired) electrons. The van der Waals surface area contributed by atoms with Gasteiger partial charge in [-0.25, -0.2) is 9.78 Å². The summed E-state index contributed by atoms with van der Waals surface area (Å²) >= 11 is 0. The summed E-state index contributed by atoms with van der Waals surface area (Å²) in [6, 6.07) is 32.6. The van der Waals surface area contributed by atoms with E-state index in [0.717, 1.165) is 39.6 Å². The first-order chi connectivity index (χ1) is 17.7. The molecule has 0 bridgehead atoms. The fraction of sp³-hybridized carbons (Fsp3) is 0. The number of carboxylic acids is 1. The van der Waals surface area contributed by atoms with Gasteiger partial charge < -0.3 is 19.6 Å². The van der Waals surface area contributed by atoms with Gasteiger partial charge in [-0.05, 0) is 49.3 Å². The minimum absolute atomic E-state index is 0. The van der Waals surface area contributed by atoms with Crippen molar-refractivity contribution in [1.82, 2.24) is 9.97 Å². The van der Waals surface area contributed by atoms with E-state index in [9.17, 15) is 4.79 Å². The molecule has 1 atom stereocenters. The summed E-state index contributed by atoms with van der Waals surface area (Å²) in [6.07, 6.45) is 3.23. The second-order valence-electron chi connectivity index (χ2n) is 7.94. The number of fused-ring (bicyclic) bond motifs is 4. The van der Waals surface area contributed by atoms with Crippen LogP contribution >= 0.6 is 7.92 Å². The number of carbonyl (C=O) groups is 1. The van der Waals surface area contributed by atoms with Crippen LogP contribution in [-0.4, -0.2) is 21.0 Å². The summed E-state index contributed by atoms with van der Waals surface area (Å²) in [5.41, 5.74) is 1.81. The molecule has 8 heteroatoms. The zero-order valence-electron chi connectivity index (χ0n) is 19.2. The molecule has 37 heavy (non-hydrogen) atoms. The number of aromatic carboxylic acids is 1. The molecule has 183 valence electrons. The molecule has 2 aliphatic heterocycles. The average molecular weight is 682 g/mol. The van der Waals surface area contributed by atoms with Gasteiger partial charge in [0.15, 0.2) is 0 Å². The largest absolute Gasteiger partial charge is 0.477 e. The van der Waals surface area contributed by atoms with Crippen LogP contribution < -0.4 is 25.4 Å². The Hall–Kier alpha value is -3.89. The van der Waals surface area contributed by atoms with Crippen molar-refractivity contribution in [3.63, 3.8) is 0 Å². The van der Waals surface area contributed by atoms with E-state index >= 15 is 0 Å². The zero-order valence-corrected chi connectivity index (χ0v) is 22.5. The van der Waals surface area contributed by atoms with Crippen molar-refractivity contribution in [2.24, 2.45) is 0 Å². The molecular formula is C29H18IrN2O4P-. The van der Waals surface area contributed by atoms with Crippen LogP contribution in [0.2, 0.25) is 0 Å². The minimum Gasteiger partial charge on any atom is -0.477 e. The van der Waals surface area contributed by atoms with Gasteiger partial charge in [0, 0.05) is 43.1 Å². The number of aromatic nitrogens is 2. The number of benzene rings is 3. The normalized spacial score (nSPS) is 13.6. The Bertz CT molecular complexity index is 1510. The number of nitrogens with zero attached hydrogens (tertiary/aromatic N) is 2. The summed E-state index contributed by atoms with van der Waals surface area (Å²) in [5.74, 6) is 2.40. The zero-order chi connectivity index (χ0) is 24.5. The second-order valence-corrected chi connectivity index (χ2v) is 10.0. The number of hydrogen-bond donors (Lipinski definition) is 1. The van der Waals surface area contributed by atoms with Gasteiger partial charge >= 0.3 is 5.97 Å². The van der Waals surface area contributed by atoms with E-state index < -0.39 is 13.9 Å². The van der Waals surface area contributed by atoms with Crippen molar-refractivity contribution in [1.29, 1.82) is 0 Å². The smallest absolute Gasteiger partial charge is 0.354 e. The maximum Gasteiger partial charge on any atom is 0.354 e. The van der Waals surface area contributed by atoms with Gasteiger partial charge in [0.2, 0.25) is 0 Å². The van der Waals surface area contributed by atoms with Gasteiger partial charge in [0.05, 0.1) is 11.5 Å². The van der Waals surface area contributed by atoms with E-state index in [2.05, 4.69) is 40.3 Å². The maximum absolute atomic E-state index is 10.1. The number of carboxylic acid groups (broad SMARTS) is 1. The number of rotatable bonds is 2. The second kappa shape index (κ2) is 10.6. The van der Waals surface area contributed by atoms with E-state index in [-0.39, 0.29) is 25.8 Å². The standard InChI is InChI=1S/C23H13NO2P.C6H5NO2.Ir/c1-3-10-21-17(8-1)25-19-13-15(16-7-5-6-12-24-16)14-20-23(19)27(21)22-11-4-2-9-18(22)26-20;8-6(9)5-3-1-2-4-7-5;/h1-13H;1-4H,(H,8,9);/q-1;;. The van der Waals surface area contributed by atoms with Crippen molar-refractivity contribution >= 4 is 29.8 Å². The summed E-state index contributed by atoms with van der Waals surface area (Å²) in [4.78, 5) is 18.2. The molecule has 3 aromatic carbocycles. The fourth-order valence-corrected chi connectivity index (χ4v) is 6.63. The van der Waals surface area contributed by atoms with E-state index in [1.165, 1.54) is 22.9 Å². The van der Waals surface area contributed by atoms with Crippen molar-refractivity contribution in [3.8, 4) is 34.3 Å². The predicted octanol–water partition coefficient (Wildman–Crippen LogP) is 5.30. The Kier molecular flexibility index (Phi) is 7.11. The molecule has 2 aromatic heterocycles. The van der Waals surface area contributed by atoms with Gasteiger partial charge in [0.25, 0.3) is 0 Å². The average Bonchev–Trinajstić information content (AvgIpc) is 2.94. The molecule has 5 aromatic rings. The summed E-state index contributed by atoms with van der Waals surface area (Å²) in [5, 5.41) is 11.9. The molecule has 0 saturated heterocycles. The number of para-hydroxylation sites is 2. The van der Waals surface area contributed by atoms with E-state index in [1.807, 2.05) is 48.5 Å². The molecule has 0 spiro atoms. The van der Waals surface area contributed by atoms with E-state index in [4.69, 9.17) is 14.6 Å². The third-order valence-corrected chi connectivity index (χ3v) is 8.24. The molecule has 7 rings (SSSR count). The van der Waals surface area contributed by atoms with Crippen molar-refractivity contribution < 1.29 is 39.5 Å². The molecule has 0 amide bonds. The Morgan fingerprint density at radius 2 is 1.38 bits per heavy atom. The maximum atomic E-state index is 10.1. The Labute approximate surface area is 228 Å². The van der Waals surface area contributed by atoms with Crippen LogP contribution in [0.3, 0.4) is 0 Å². The summed E-state index contributed by atoms with van der Waals surface area (Å²) < 4.78 is 12.5. The van der Waals surface area contributed by atoms with E-state index in [1.54, 1.807) is 18.3 Å². The first-order valence-corrected chi connectivity index (χ1v) is 12.5. The third-order valence-electron chi connectivity index (χ3n) is 5.66. The van der Waals surface area contributed by atoms with Gasteiger partial charge in [-0.3, -0.25) is 0 Å². The molecular weight excluding hydrogens is 664 g/mol. The monoisotopic (exact) mass is 682 g/mol. The number of hydrogen-bond acceptors (Lipinski definition) is 5. The van der Waals surface area contributed by atoms with Crippen LogP contribution in [0.4, 0.5) is 0 Å². The molecule has 1 unspecified atom stereocenters. The first kappa shape index (κ1) is 24.8. The van der Waals surface area contributed by atoms with Crippen LogP contribution in [-0.2, 0) is 20.1 Å². The van der Waals surface area contributed by atoms with E-state index in [0.29, 0.717) is 0 Å². The minimum atomic E-state index is -0.990. The van der Waals surface area contributed by atoms with Crippen LogP contribution in [0.25, 0.3) is 11.3 Å². The third kappa shape index (κ3) is 4.77. The summed E-state index contributed by atoms with van der Waals surface area (Å²) in [6.45, 7) is 0. The first-order valence-electron chi connectivity index (χ1n) is 11.2. The topological polar surface area (TPSA) is 81.5 Å². The van der Waals surface area contributed by atoms with Crippen molar-refractivity contribution in [3.05, 3.63) is 115 Å². The summed E-state index contributed by atoms with van der Waals surface area (Å²) in [7, 11) is -0.734. The van der Waals surface area contributed by atoms with Gasteiger partial charge in [0.1, 0.15) is 17.2 Å². The van der Waals surface area contributed by atoms with Crippen LogP contribution in [0.5, 0.6) is 23.0 Å². The van der Waals surface area contributed by atoms with Gasteiger partial charge in [-0.2, -0.15) is 0 Å². The Balaban J connectivity index is 0.000000241. The van der Waals surface area contributed by atoms with Gasteiger partial charge in [-0.15, -0.1) is 5.56 Å².